The van der Waals surface area contributed by atoms with Gasteiger partial charge < -0.3 is 5.11 Å². The van der Waals surface area contributed by atoms with Crippen molar-refractivity contribution in [3.8, 4) is 0 Å². The second-order valence-electron chi connectivity index (χ2n) is 6.17. The van der Waals surface area contributed by atoms with Crippen LogP contribution in [0, 0.1) is 5.41 Å². The van der Waals surface area contributed by atoms with Gasteiger partial charge in [0.1, 0.15) is 12.7 Å². The Morgan fingerprint density at radius 2 is 2.00 bits per heavy atom. The van der Waals surface area contributed by atoms with Crippen molar-refractivity contribution in [1.82, 2.24) is 14.8 Å². The molecule has 2 aromatic rings. The molecule has 0 radical (unpaired) electrons. The van der Waals surface area contributed by atoms with Crippen LogP contribution in [0.5, 0.6) is 0 Å². The van der Waals surface area contributed by atoms with Crippen molar-refractivity contribution < 1.29 is 5.11 Å². The fourth-order valence-corrected chi connectivity index (χ4v) is 2.88. The van der Waals surface area contributed by atoms with E-state index in [9.17, 15) is 5.11 Å². The van der Waals surface area contributed by atoms with E-state index in [4.69, 9.17) is 23.2 Å². The largest absolute Gasteiger partial charge is 0.388 e. The van der Waals surface area contributed by atoms with Crippen molar-refractivity contribution in [2.75, 3.05) is 0 Å². The summed E-state index contributed by atoms with van der Waals surface area (Å²) in [5.74, 6) is 0. The van der Waals surface area contributed by atoms with Gasteiger partial charge in [-0.2, -0.15) is 5.10 Å². The van der Waals surface area contributed by atoms with Gasteiger partial charge in [0.05, 0.1) is 12.1 Å². The van der Waals surface area contributed by atoms with Crippen LogP contribution in [-0.4, -0.2) is 19.9 Å². The topological polar surface area (TPSA) is 50.9 Å². The highest BCUT2D eigenvalue weighted by Crippen LogP contribution is 2.38. The fraction of sp³-hybridized carbons (Fsp3) is 0.467. The number of rotatable bonds is 4. The van der Waals surface area contributed by atoms with Gasteiger partial charge in [-0.05, 0) is 23.1 Å². The van der Waals surface area contributed by atoms with Gasteiger partial charge in [-0.3, -0.25) is 0 Å². The van der Waals surface area contributed by atoms with Crippen molar-refractivity contribution in [2.24, 2.45) is 5.41 Å². The maximum absolute atomic E-state index is 10.5. The zero-order chi connectivity index (χ0) is 15.6. The quantitative estimate of drug-likeness (QED) is 0.910. The summed E-state index contributed by atoms with van der Waals surface area (Å²) in [7, 11) is 0. The summed E-state index contributed by atoms with van der Waals surface area (Å²) in [6.45, 7) is 6.32. The molecular formula is C15H19Cl2N3O. The van der Waals surface area contributed by atoms with Crippen LogP contribution in [0.4, 0.5) is 0 Å². The first-order valence-electron chi connectivity index (χ1n) is 6.76. The third kappa shape index (κ3) is 3.96. The molecule has 0 amide bonds. The lowest BCUT2D eigenvalue weighted by Gasteiger charge is -2.32. The number of aliphatic hydroxyl groups excluding tert-OH is 1. The Kier molecular flexibility index (Phi) is 4.91. The number of hydrogen-bond acceptors (Lipinski definition) is 3. The van der Waals surface area contributed by atoms with Gasteiger partial charge in [0.15, 0.2) is 0 Å². The Bertz CT molecular complexity index is 593. The van der Waals surface area contributed by atoms with E-state index >= 15 is 0 Å². The number of aliphatic hydroxyl groups is 1. The number of aromatic nitrogens is 3. The smallest absolute Gasteiger partial charge is 0.137 e. The first-order valence-corrected chi connectivity index (χ1v) is 7.51. The van der Waals surface area contributed by atoms with Crippen molar-refractivity contribution in [2.45, 2.75) is 39.3 Å². The Balaban J connectivity index is 2.24. The monoisotopic (exact) mass is 327 g/mol. The van der Waals surface area contributed by atoms with E-state index < -0.39 is 6.10 Å². The summed E-state index contributed by atoms with van der Waals surface area (Å²) in [5, 5.41) is 15.8. The van der Waals surface area contributed by atoms with Crippen LogP contribution in [0.3, 0.4) is 0 Å². The average Bonchev–Trinajstić information content (AvgIpc) is 2.87. The lowest BCUT2D eigenvalue weighted by atomic mass is 9.82. The minimum absolute atomic E-state index is 0.00162. The van der Waals surface area contributed by atoms with Crippen LogP contribution in [-0.2, 0) is 0 Å². The molecule has 114 valence electrons. The summed E-state index contributed by atoms with van der Waals surface area (Å²) < 4.78 is 1.78. The molecule has 0 aliphatic carbocycles. The molecule has 0 aliphatic heterocycles. The Hall–Kier alpha value is -1.10. The normalized spacial score (nSPS) is 15.0. The van der Waals surface area contributed by atoms with Gasteiger partial charge in [0.2, 0.25) is 0 Å². The van der Waals surface area contributed by atoms with Gasteiger partial charge >= 0.3 is 0 Å². The highest BCUT2D eigenvalue weighted by Gasteiger charge is 2.30. The van der Waals surface area contributed by atoms with Crippen LogP contribution < -0.4 is 0 Å². The second kappa shape index (κ2) is 6.34. The van der Waals surface area contributed by atoms with Crippen molar-refractivity contribution in [1.29, 1.82) is 0 Å². The van der Waals surface area contributed by atoms with E-state index in [0.29, 0.717) is 22.0 Å². The van der Waals surface area contributed by atoms with Crippen molar-refractivity contribution in [3.05, 3.63) is 46.5 Å². The molecule has 6 heteroatoms. The molecule has 2 rings (SSSR count). The number of halogens is 2. The van der Waals surface area contributed by atoms with Gasteiger partial charge in [-0.1, -0.05) is 50.0 Å². The van der Waals surface area contributed by atoms with E-state index in [-0.39, 0.29) is 11.5 Å². The SMILES string of the molecule is CC(C)(C)C(CC(O)c1ccc(Cl)cc1Cl)n1cncn1. The van der Waals surface area contributed by atoms with E-state index in [1.807, 2.05) is 0 Å². The summed E-state index contributed by atoms with van der Waals surface area (Å²) in [6, 6.07) is 5.13. The van der Waals surface area contributed by atoms with Crippen LogP contribution in [0.1, 0.15) is 44.9 Å². The maximum Gasteiger partial charge on any atom is 0.137 e. The molecule has 2 atom stereocenters. The minimum Gasteiger partial charge on any atom is -0.388 e. The lowest BCUT2D eigenvalue weighted by molar-refractivity contribution is 0.100. The Morgan fingerprint density at radius 1 is 1.29 bits per heavy atom. The molecule has 0 saturated carbocycles. The summed E-state index contributed by atoms with van der Waals surface area (Å²) in [4.78, 5) is 3.99. The molecular weight excluding hydrogens is 309 g/mol. The number of benzene rings is 1. The molecule has 21 heavy (non-hydrogen) atoms. The van der Waals surface area contributed by atoms with Crippen molar-refractivity contribution in [3.63, 3.8) is 0 Å². The molecule has 0 aliphatic rings. The predicted molar refractivity (Wildman–Crippen MR) is 84.6 cm³/mol. The average molecular weight is 328 g/mol. The molecule has 4 nitrogen and oxygen atoms in total. The maximum atomic E-state index is 10.5. The van der Waals surface area contributed by atoms with Gasteiger partial charge in [0, 0.05) is 16.5 Å². The Labute approximate surface area is 134 Å². The molecule has 1 heterocycles. The second-order valence-corrected chi connectivity index (χ2v) is 7.02. The standard InChI is InChI=1S/C15H19Cl2N3O/c1-15(2,3)14(20-9-18-8-19-20)7-13(21)11-5-4-10(16)6-12(11)17/h4-6,8-9,13-14,21H,7H2,1-3H3. The molecule has 0 bridgehead atoms. The molecule has 0 spiro atoms. The van der Waals surface area contributed by atoms with Gasteiger partial charge in [0.25, 0.3) is 0 Å². The van der Waals surface area contributed by atoms with Gasteiger partial charge in [-0.25, -0.2) is 9.67 Å². The van der Waals surface area contributed by atoms with Crippen LogP contribution in [0.2, 0.25) is 10.0 Å². The molecule has 1 aromatic carbocycles. The highest BCUT2D eigenvalue weighted by molar-refractivity contribution is 6.35. The van der Waals surface area contributed by atoms with E-state index in [0.717, 1.165) is 0 Å². The summed E-state index contributed by atoms with van der Waals surface area (Å²) >= 11 is 12.1. The fourth-order valence-electron chi connectivity index (χ4n) is 2.35. The van der Waals surface area contributed by atoms with Crippen LogP contribution in [0.25, 0.3) is 0 Å². The van der Waals surface area contributed by atoms with E-state index in [2.05, 4.69) is 30.9 Å². The first-order chi connectivity index (χ1) is 9.79. The number of nitrogens with zero attached hydrogens (tertiary/aromatic N) is 3. The van der Waals surface area contributed by atoms with E-state index in [1.165, 1.54) is 6.33 Å². The summed E-state index contributed by atoms with van der Waals surface area (Å²) in [5.41, 5.74) is 0.601. The third-order valence-electron chi connectivity index (χ3n) is 3.52. The third-order valence-corrected chi connectivity index (χ3v) is 4.09. The number of hydrogen-bond donors (Lipinski definition) is 1. The first kappa shape index (κ1) is 16.3. The Morgan fingerprint density at radius 3 is 2.52 bits per heavy atom. The predicted octanol–water partition coefficient (Wildman–Crippen LogP) is 4.30. The van der Waals surface area contributed by atoms with Crippen molar-refractivity contribution >= 4 is 23.2 Å². The zero-order valence-corrected chi connectivity index (χ0v) is 13.8. The zero-order valence-electron chi connectivity index (χ0n) is 12.3. The molecule has 1 aromatic heterocycles. The summed E-state index contributed by atoms with van der Waals surface area (Å²) in [6.07, 6.45) is 2.98. The molecule has 1 N–H and O–H groups in total. The van der Waals surface area contributed by atoms with Crippen LogP contribution >= 0.6 is 23.2 Å². The minimum atomic E-state index is -0.691. The van der Waals surface area contributed by atoms with Gasteiger partial charge in [-0.15, -0.1) is 0 Å². The highest BCUT2D eigenvalue weighted by atomic mass is 35.5. The van der Waals surface area contributed by atoms with E-state index in [1.54, 1.807) is 29.2 Å². The molecule has 0 fully saturated rings. The molecule has 2 unspecified atom stereocenters. The molecule has 0 saturated heterocycles. The van der Waals surface area contributed by atoms with Crippen LogP contribution in [0.15, 0.2) is 30.9 Å². The lowest BCUT2D eigenvalue weighted by Crippen LogP contribution is -2.27.